The minimum absolute atomic E-state index is 0.143. The summed E-state index contributed by atoms with van der Waals surface area (Å²) < 4.78 is 12.6. The van der Waals surface area contributed by atoms with Crippen molar-refractivity contribution in [2.45, 2.75) is 0 Å². The lowest BCUT2D eigenvalue weighted by Gasteiger charge is -1.95. The Labute approximate surface area is 63.0 Å². The Morgan fingerprint density at radius 3 is 2.60 bits per heavy atom. The van der Waals surface area contributed by atoms with Crippen LogP contribution in [0.4, 0.5) is 4.39 Å². The van der Waals surface area contributed by atoms with E-state index in [1.54, 1.807) is 6.07 Å². The molecule has 0 aliphatic carbocycles. The highest BCUT2D eigenvalue weighted by molar-refractivity contribution is 6.33. The van der Waals surface area contributed by atoms with Gasteiger partial charge in [-0.05, 0) is 12.1 Å². The fourth-order valence-corrected chi connectivity index (χ4v) is 0.866. The Morgan fingerprint density at radius 1 is 1.50 bits per heavy atom. The van der Waals surface area contributed by atoms with Crippen molar-refractivity contribution in [2.24, 2.45) is 0 Å². The highest BCUT2D eigenvalue weighted by Gasteiger charge is 2.01. The zero-order valence-corrected chi connectivity index (χ0v) is 5.82. The molecule has 1 rings (SSSR count). The summed E-state index contributed by atoms with van der Waals surface area (Å²) in [5.41, 5.74) is 0.143. The summed E-state index contributed by atoms with van der Waals surface area (Å²) in [5.74, 6) is -0.456. The van der Waals surface area contributed by atoms with Gasteiger partial charge in [0.2, 0.25) is 0 Å². The number of hydrogen-bond donors (Lipinski definition) is 1. The van der Waals surface area contributed by atoms with Gasteiger partial charge >= 0.3 is 0 Å². The Bertz CT molecular complexity index is 240. The molecule has 0 aromatic heterocycles. The smallest absolute Gasteiger partial charge is 0.133 e. The predicted molar refractivity (Wildman–Crippen MR) is 39.3 cm³/mol. The van der Waals surface area contributed by atoms with Crippen molar-refractivity contribution in [2.75, 3.05) is 0 Å². The first-order valence-corrected chi connectivity index (χ1v) is 3.08. The third kappa shape index (κ3) is 1.16. The first-order valence-electron chi connectivity index (χ1n) is 2.70. The molecule has 0 saturated heterocycles. The minimum atomic E-state index is -0.456. The third-order valence-electron chi connectivity index (χ3n) is 1.14. The summed E-state index contributed by atoms with van der Waals surface area (Å²) in [4.78, 5) is 0. The summed E-state index contributed by atoms with van der Waals surface area (Å²) in [5, 5.41) is 7.05. The van der Waals surface area contributed by atoms with Gasteiger partial charge in [-0.2, -0.15) is 0 Å². The van der Waals surface area contributed by atoms with E-state index in [4.69, 9.17) is 17.0 Å². The first kappa shape index (κ1) is 7.22. The second-order valence-corrected chi connectivity index (χ2v) is 2.19. The summed E-state index contributed by atoms with van der Waals surface area (Å²) in [7, 11) is 0. The molecule has 1 N–H and O–H groups in total. The molecule has 1 aromatic rings. The maximum atomic E-state index is 12.6. The molecule has 0 bridgehead atoms. The number of rotatable bonds is 1. The lowest BCUT2D eigenvalue weighted by Crippen LogP contribution is -1.86. The lowest BCUT2D eigenvalue weighted by molar-refractivity contribution is 0.626. The van der Waals surface area contributed by atoms with Crippen LogP contribution in [0.3, 0.4) is 0 Å². The second-order valence-electron chi connectivity index (χ2n) is 1.78. The van der Waals surface area contributed by atoms with Gasteiger partial charge in [0.25, 0.3) is 0 Å². The van der Waals surface area contributed by atoms with Crippen molar-refractivity contribution in [1.82, 2.24) is 0 Å². The van der Waals surface area contributed by atoms with Crippen LogP contribution in [0.2, 0.25) is 5.02 Å². The van der Waals surface area contributed by atoms with E-state index < -0.39 is 5.82 Å². The molecule has 0 fully saturated rings. The zero-order valence-electron chi connectivity index (χ0n) is 5.07. The number of benzene rings is 1. The number of halogens is 2. The van der Waals surface area contributed by atoms with E-state index in [0.717, 1.165) is 6.21 Å². The van der Waals surface area contributed by atoms with Crippen LogP contribution in [0.1, 0.15) is 5.56 Å². The Hall–Kier alpha value is -0.890. The van der Waals surface area contributed by atoms with Crippen LogP contribution in [0.15, 0.2) is 18.2 Å². The summed E-state index contributed by atoms with van der Waals surface area (Å²) in [6.07, 6.45) is 0.900. The van der Waals surface area contributed by atoms with Crippen LogP contribution < -0.4 is 0 Å². The molecule has 0 radical (unpaired) electrons. The molecule has 0 heterocycles. The molecule has 10 heavy (non-hydrogen) atoms. The second kappa shape index (κ2) is 2.80. The van der Waals surface area contributed by atoms with E-state index in [1.807, 2.05) is 0 Å². The normalized spacial score (nSPS) is 9.40. The molecule has 3 heteroatoms. The molecule has 0 spiro atoms. The summed E-state index contributed by atoms with van der Waals surface area (Å²) in [6.45, 7) is 0. The van der Waals surface area contributed by atoms with E-state index in [2.05, 4.69) is 0 Å². The Balaban J connectivity index is 3.30. The lowest BCUT2D eigenvalue weighted by atomic mass is 10.2. The van der Waals surface area contributed by atoms with Crippen molar-refractivity contribution in [3.05, 3.63) is 34.6 Å². The van der Waals surface area contributed by atoms with Gasteiger partial charge in [0, 0.05) is 11.8 Å². The van der Waals surface area contributed by atoms with Crippen LogP contribution in [-0.2, 0) is 0 Å². The summed E-state index contributed by atoms with van der Waals surface area (Å²) in [6, 6.07) is 4.32. The third-order valence-corrected chi connectivity index (χ3v) is 1.47. The van der Waals surface area contributed by atoms with E-state index in [0.29, 0.717) is 0 Å². The van der Waals surface area contributed by atoms with E-state index in [1.165, 1.54) is 12.1 Å². The van der Waals surface area contributed by atoms with Gasteiger partial charge in [-0.15, -0.1) is 0 Å². The predicted octanol–water partition coefficient (Wildman–Crippen LogP) is 2.48. The molecule has 0 atom stereocenters. The van der Waals surface area contributed by atoms with E-state index >= 15 is 0 Å². The molecule has 0 unspecified atom stereocenters. The van der Waals surface area contributed by atoms with Gasteiger partial charge in [-0.25, -0.2) is 4.39 Å². The molecular formula is C7H5ClFN. The molecule has 1 nitrogen and oxygen atoms in total. The zero-order chi connectivity index (χ0) is 7.56. The fourth-order valence-electron chi connectivity index (χ4n) is 0.649. The molecule has 0 amide bonds. The van der Waals surface area contributed by atoms with Crippen molar-refractivity contribution in [3.8, 4) is 0 Å². The number of hydrogen-bond acceptors (Lipinski definition) is 1. The van der Waals surface area contributed by atoms with Gasteiger partial charge in [-0.1, -0.05) is 17.7 Å². The summed E-state index contributed by atoms with van der Waals surface area (Å²) >= 11 is 5.54. The molecule has 52 valence electrons. The topological polar surface area (TPSA) is 23.9 Å². The van der Waals surface area contributed by atoms with Crippen LogP contribution in [0.5, 0.6) is 0 Å². The highest BCUT2D eigenvalue weighted by atomic mass is 35.5. The van der Waals surface area contributed by atoms with Crippen molar-refractivity contribution < 1.29 is 4.39 Å². The average molecular weight is 158 g/mol. The maximum absolute atomic E-state index is 12.6. The van der Waals surface area contributed by atoms with Crippen LogP contribution in [0.25, 0.3) is 0 Å². The molecule has 0 aliphatic rings. The van der Waals surface area contributed by atoms with Gasteiger partial charge < -0.3 is 5.41 Å². The quantitative estimate of drug-likeness (QED) is 0.606. The largest absolute Gasteiger partial charge is 0.308 e. The van der Waals surface area contributed by atoms with Gasteiger partial charge in [0.15, 0.2) is 0 Å². The Kier molecular flexibility index (Phi) is 2.02. The van der Waals surface area contributed by atoms with Crippen LogP contribution >= 0.6 is 11.6 Å². The van der Waals surface area contributed by atoms with Crippen LogP contribution in [-0.4, -0.2) is 6.21 Å². The monoisotopic (exact) mass is 157 g/mol. The van der Waals surface area contributed by atoms with Crippen molar-refractivity contribution in [1.29, 1.82) is 5.41 Å². The highest BCUT2D eigenvalue weighted by Crippen LogP contribution is 2.15. The molecular weight excluding hydrogens is 153 g/mol. The molecule has 1 aromatic carbocycles. The first-order chi connectivity index (χ1) is 4.75. The molecule has 0 aliphatic heterocycles. The Morgan fingerprint density at radius 2 is 2.20 bits per heavy atom. The number of nitrogens with one attached hydrogen (secondary N) is 1. The van der Waals surface area contributed by atoms with Gasteiger partial charge in [-0.3, -0.25) is 0 Å². The maximum Gasteiger partial charge on any atom is 0.133 e. The van der Waals surface area contributed by atoms with Crippen molar-refractivity contribution in [3.63, 3.8) is 0 Å². The van der Waals surface area contributed by atoms with E-state index in [9.17, 15) is 4.39 Å². The SMILES string of the molecule is N=Cc1c(F)cccc1Cl. The van der Waals surface area contributed by atoms with Gasteiger partial charge in [0.1, 0.15) is 5.82 Å². The van der Waals surface area contributed by atoms with Crippen LogP contribution in [0, 0.1) is 11.2 Å². The van der Waals surface area contributed by atoms with Crippen molar-refractivity contribution >= 4 is 17.8 Å². The van der Waals surface area contributed by atoms with E-state index in [-0.39, 0.29) is 10.6 Å². The minimum Gasteiger partial charge on any atom is -0.308 e. The fraction of sp³-hybridized carbons (Fsp3) is 0. The standard InChI is InChI=1S/C7H5ClFN/c8-6-2-1-3-7(9)5(6)4-10/h1-4,10H. The van der Waals surface area contributed by atoms with Gasteiger partial charge in [0.05, 0.1) is 5.02 Å². The average Bonchev–Trinajstić information content (AvgIpc) is 1.88. The molecule has 0 saturated carbocycles.